The molecule has 4 nitrogen and oxygen atoms in total. The molecule has 5 heteroatoms. The van der Waals surface area contributed by atoms with Crippen LogP contribution in [0.3, 0.4) is 0 Å². The molecule has 0 saturated heterocycles. The van der Waals surface area contributed by atoms with E-state index in [1.54, 1.807) is 27.9 Å². The minimum absolute atomic E-state index is 0.0773. The van der Waals surface area contributed by atoms with Crippen molar-refractivity contribution in [3.05, 3.63) is 72.2 Å². The number of carbonyl (C=O) groups is 1. The number of para-hydroxylation sites is 1. The Morgan fingerprint density at radius 1 is 1.04 bits per heavy atom. The lowest BCUT2D eigenvalue weighted by Crippen LogP contribution is -2.30. The molecule has 0 aliphatic heterocycles. The zero-order chi connectivity index (χ0) is 17.8. The smallest absolute Gasteiger partial charge is 0.257 e. The van der Waals surface area contributed by atoms with E-state index in [-0.39, 0.29) is 11.7 Å². The molecule has 1 amide bonds. The summed E-state index contributed by atoms with van der Waals surface area (Å²) in [5, 5.41) is 4.60. The normalized spacial score (nSPS) is 10.7. The van der Waals surface area contributed by atoms with E-state index in [9.17, 15) is 9.18 Å². The Morgan fingerprint density at radius 3 is 2.28 bits per heavy atom. The Morgan fingerprint density at radius 2 is 1.68 bits per heavy atom. The van der Waals surface area contributed by atoms with Crippen LogP contribution in [0.25, 0.3) is 16.9 Å². The van der Waals surface area contributed by atoms with Crippen molar-refractivity contribution >= 4 is 5.91 Å². The third-order valence-corrected chi connectivity index (χ3v) is 4.13. The number of hydrogen-bond donors (Lipinski definition) is 0. The minimum Gasteiger partial charge on any atom is -0.339 e. The molecule has 128 valence electrons. The topological polar surface area (TPSA) is 38.1 Å². The van der Waals surface area contributed by atoms with E-state index in [0.29, 0.717) is 29.9 Å². The van der Waals surface area contributed by atoms with Crippen molar-refractivity contribution in [1.29, 1.82) is 0 Å². The fourth-order valence-corrected chi connectivity index (χ4v) is 2.75. The number of aromatic nitrogens is 2. The molecule has 2 aromatic carbocycles. The molecule has 0 radical (unpaired) electrons. The standard InChI is InChI=1S/C20H20FN3O/c1-3-23(4-2)20(25)18-14-24(17-8-6-5-7-9-17)22-19(18)15-10-12-16(21)13-11-15/h5-14H,3-4H2,1-2H3. The predicted molar refractivity (Wildman–Crippen MR) is 96.2 cm³/mol. The second-order valence-corrected chi connectivity index (χ2v) is 5.66. The Hall–Kier alpha value is -2.95. The van der Waals surface area contributed by atoms with Crippen molar-refractivity contribution in [3.63, 3.8) is 0 Å². The molecule has 0 fully saturated rings. The Labute approximate surface area is 146 Å². The first-order valence-electron chi connectivity index (χ1n) is 8.34. The van der Waals surface area contributed by atoms with E-state index in [4.69, 9.17) is 0 Å². The van der Waals surface area contributed by atoms with Crippen molar-refractivity contribution < 1.29 is 9.18 Å². The summed E-state index contributed by atoms with van der Waals surface area (Å²) in [6, 6.07) is 15.7. The SMILES string of the molecule is CCN(CC)C(=O)c1cn(-c2ccccc2)nc1-c1ccc(F)cc1. The summed E-state index contributed by atoms with van der Waals surface area (Å²) >= 11 is 0. The summed E-state index contributed by atoms with van der Waals surface area (Å²) in [4.78, 5) is 14.7. The van der Waals surface area contributed by atoms with Crippen molar-refractivity contribution in [2.24, 2.45) is 0 Å². The van der Waals surface area contributed by atoms with E-state index in [2.05, 4.69) is 5.10 Å². The van der Waals surface area contributed by atoms with Crippen molar-refractivity contribution in [2.45, 2.75) is 13.8 Å². The highest BCUT2D eigenvalue weighted by Crippen LogP contribution is 2.25. The van der Waals surface area contributed by atoms with Gasteiger partial charge in [-0.1, -0.05) is 18.2 Å². The average Bonchev–Trinajstić information content (AvgIpc) is 3.09. The fraction of sp³-hybridized carbons (Fsp3) is 0.200. The molecule has 0 unspecified atom stereocenters. The highest BCUT2D eigenvalue weighted by atomic mass is 19.1. The molecule has 0 bridgehead atoms. The maximum Gasteiger partial charge on any atom is 0.257 e. The monoisotopic (exact) mass is 337 g/mol. The first-order valence-corrected chi connectivity index (χ1v) is 8.34. The number of hydrogen-bond acceptors (Lipinski definition) is 2. The molecule has 0 atom stereocenters. The summed E-state index contributed by atoms with van der Waals surface area (Å²) in [5.74, 6) is -0.394. The Balaban J connectivity index is 2.12. The zero-order valence-corrected chi connectivity index (χ0v) is 14.3. The van der Waals surface area contributed by atoms with Gasteiger partial charge in [-0.15, -0.1) is 0 Å². The van der Waals surface area contributed by atoms with Crippen LogP contribution in [0.1, 0.15) is 24.2 Å². The highest BCUT2D eigenvalue weighted by molar-refractivity contribution is 5.99. The van der Waals surface area contributed by atoms with Crippen LogP contribution in [-0.4, -0.2) is 33.7 Å². The van der Waals surface area contributed by atoms with Gasteiger partial charge in [-0.25, -0.2) is 9.07 Å². The van der Waals surface area contributed by atoms with E-state index in [1.807, 2.05) is 44.2 Å². The van der Waals surface area contributed by atoms with Crippen LogP contribution in [0.15, 0.2) is 60.8 Å². The Bertz CT molecular complexity index is 852. The number of nitrogens with zero attached hydrogens (tertiary/aromatic N) is 3. The maximum atomic E-state index is 13.3. The van der Waals surface area contributed by atoms with Gasteiger partial charge in [0.15, 0.2) is 0 Å². The first-order chi connectivity index (χ1) is 12.1. The fourth-order valence-electron chi connectivity index (χ4n) is 2.75. The third kappa shape index (κ3) is 3.45. The van der Waals surface area contributed by atoms with E-state index < -0.39 is 0 Å². The second kappa shape index (κ2) is 7.30. The van der Waals surface area contributed by atoms with Crippen LogP contribution in [-0.2, 0) is 0 Å². The molecular weight excluding hydrogens is 317 g/mol. The number of rotatable bonds is 5. The van der Waals surface area contributed by atoms with Gasteiger partial charge in [0.2, 0.25) is 0 Å². The molecule has 0 aliphatic rings. The number of carbonyl (C=O) groups excluding carboxylic acids is 1. The average molecular weight is 337 g/mol. The molecular formula is C20H20FN3O. The van der Waals surface area contributed by atoms with Gasteiger partial charge in [0, 0.05) is 24.8 Å². The molecule has 0 saturated carbocycles. The van der Waals surface area contributed by atoms with Crippen LogP contribution in [0, 0.1) is 5.82 Å². The molecule has 1 aromatic heterocycles. The molecule has 0 N–H and O–H groups in total. The van der Waals surface area contributed by atoms with Crippen LogP contribution in [0.5, 0.6) is 0 Å². The lowest BCUT2D eigenvalue weighted by molar-refractivity contribution is 0.0773. The second-order valence-electron chi connectivity index (χ2n) is 5.66. The van der Waals surface area contributed by atoms with E-state index in [1.165, 1.54) is 12.1 Å². The van der Waals surface area contributed by atoms with Gasteiger partial charge >= 0.3 is 0 Å². The van der Waals surface area contributed by atoms with Crippen LogP contribution in [0.2, 0.25) is 0 Å². The number of benzene rings is 2. The van der Waals surface area contributed by atoms with Crippen molar-refractivity contribution in [1.82, 2.24) is 14.7 Å². The molecule has 3 aromatic rings. The summed E-state index contributed by atoms with van der Waals surface area (Å²) in [7, 11) is 0. The zero-order valence-electron chi connectivity index (χ0n) is 14.3. The summed E-state index contributed by atoms with van der Waals surface area (Å²) in [5.41, 5.74) is 2.65. The van der Waals surface area contributed by atoms with Crippen LogP contribution in [0.4, 0.5) is 4.39 Å². The van der Waals surface area contributed by atoms with Gasteiger partial charge in [0.25, 0.3) is 5.91 Å². The van der Waals surface area contributed by atoms with Crippen LogP contribution >= 0.6 is 0 Å². The maximum absolute atomic E-state index is 13.3. The van der Waals surface area contributed by atoms with Crippen LogP contribution < -0.4 is 0 Å². The van der Waals surface area contributed by atoms with Crippen molar-refractivity contribution in [2.75, 3.05) is 13.1 Å². The summed E-state index contributed by atoms with van der Waals surface area (Å²) in [6.07, 6.45) is 1.74. The quantitative estimate of drug-likeness (QED) is 0.701. The molecule has 0 spiro atoms. The van der Waals surface area contributed by atoms with E-state index in [0.717, 1.165) is 5.69 Å². The minimum atomic E-state index is -0.317. The van der Waals surface area contributed by atoms with Crippen molar-refractivity contribution in [3.8, 4) is 16.9 Å². The molecule has 1 heterocycles. The third-order valence-electron chi connectivity index (χ3n) is 4.13. The largest absolute Gasteiger partial charge is 0.339 e. The molecule has 3 rings (SSSR count). The summed E-state index contributed by atoms with van der Waals surface area (Å²) in [6.45, 7) is 5.13. The summed E-state index contributed by atoms with van der Waals surface area (Å²) < 4.78 is 15.0. The van der Waals surface area contributed by atoms with Gasteiger partial charge in [0.1, 0.15) is 11.5 Å². The van der Waals surface area contributed by atoms with E-state index >= 15 is 0 Å². The lowest BCUT2D eigenvalue weighted by atomic mass is 10.1. The highest BCUT2D eigenvalue weighted by Gasteiger charge is 2.22. The molecule has 0 aliphatic carbocycles. The predicted octanol–water partition coefficient (Wildman–Crippen LogP) is 4.16. The lowest BCUT2D eigenvalue weighted by Gasteiger charge is -2.18. The Kier molecular flexibility index (Phi) is 4.93. The number of halogens is 1. The van der Waals surface area contributed by atoms with Gasteiger partial charge in [-0.3, -0.25) is 4.79 Å². The molecule has 25 heavy (non-hydrogen) atoms. The number of amides is 1. The van der Waals surface area contributed by atoms with Gasteiger partial charge in [-0.05, 0) is 50.2 Å². The van der Waals surface area contributed by atoms with Gasteiger partial charge in [0.05, 0.1) is 11.3 Å². The first kappa shape index (κ1) is 16.9. The van der Waals surface area contributed by atoms with Gasteiger partial charge in [-0.2, -0.15) is 5.10 Å². The van der Waals surface area contributed by atoms with Gasteiger partial charge < -0.3 is 4.90 Å².